The number of hydrogen-bond donors (Lipinski definition) is 0. The molecular weight excluding hydrogens is 434 g/mol. The van der Waals surface area contributed by atoms with Gasteiger partial charge in [-0.1, -0.05) is 12.1 Å². The Hall–Kier alpha value is -2.93. The minimum Gasteiger partial charge on any atom is -0.456 e. The molecule has 0 radical (unpaired) electrons. The predicted molar refractivity (Wildman–Crippen MR) is 130 cm³/mol. The third-order valence-corrected chi connectivity index (χ3v) is 6.62. The Labute approximate surface area is 199 Å². The van der Waals surface area contributed by atoms with Crippen LogP contribution in [0.15, 0.2) is 53.5 Å². The molecule has 1 fully saturated rings. The molecule has 0 bridgehead atoms. The number of rotatable bonds is 6. The van der Waals surface area contributed by atoms with Crippen molar-refractivity contribution in [2.75, 3.05) is 13.1 Å². The number of carbonyl (C=O) groups is 2. The van der Waals surface area contributed by atoms with Gasteiger partial charge < -0.3 is 14.2 Å². The van der Waals surface area contributed by atoms with Crippen molar-refractivity contribution in [1.82, 2.24) is 14.5 Å². The molecule has 0 unspecified atom stereocenters. The van der Waals surface area contributed by atoms with E-state index in [1.54, 1.807) is 35.6 Å². The maximum Gasteiger partial charge on any atom is 0.339 e. The third kappa shape index (κ3) is 5.71. The summed E-state index contributed by atoms with van der Waals surface area (Å²) in [6, 6.07) is 9.10. The fourth-order valence-electron chi connectivity index (χ4n) is 4.25. The topological polar surface area (TPSA) is 64.4 Å². The molecule has 0 spiro atoms. The number of amides is 1. The maximum atomic E-state index is 13.3. The highest BCUT2D eigenvalue weighted by Crippen LogP contribution is 2.28. The molecule has 0 saturated carbocycles. The standard InChI is InChI=1S/C26H31N3O3S/c1-26(2,3)32-25(31)22-7-5-4-6-21(22)24(30)29-14-9-20(10-15-29)23-27-12-16-28(23)13-8-19-11-17-33-18-19/h4-7,11-12,16-18,20H,8-10,13-15H2,1-3H3. The van der Waals surface area contributed by atoms with Crippen molar-refractivity contribution in [2.45, 2.75) is 58.1 Å². The average Bonchev–Trinajstić information content (AvgIpc) is 3.48. The minimum atomic E-state index is -0.614. The minimum absolute atomic E-state index is 0.115. The van der Waals surface area contributed by atoms with Gasteiger partial charge in [0.25, 0.3) is 5.91 Å². The van der Waals surface area contributed by atoms with Gasteiger partial charge in [0.15, 0.2) is 0 Å². The highest BCUT2D eigenvalue weighted by atomic mass is 32.1. The van der Waals surface area contributed by atoms with Crippen LogP contribution in [0, 0.1) is 0 Å². The Morgan fingerprint density at radius 2 is 1.85 bits per heavy atom. The molecule has 7 heteroatoms. The van der Waals surface area contributed by atoms with E-state index in [9.17, 15) is 9.59 Å². The summed E-state index contributed by atoms with van der Waals surface area (Å²) in [5.41, 5.74) is 1.46. The summed E-state index contributed by atoms with van der Waals surface area (Å²) in [4.78, 5) is 32.4. The molecule has 1 aliphatic heterocycles. The summed E-state index contributed by atoms with van der Waals surface area (Å²) in [5, 5.41) is 4.30. The van der Waals surface area contributed by atoms with Crippen LogP contribution in [0.25, 0.3) is 0 Å². The van der Waals surface area contributed by atoms with Crippen molar-refractivity contribution in [1.29, 1.82) is 0 Å². The molecule has 174 valence electrons. The van der Waals surface area contributed by atoms with Gasteiger partial charge in [0.05, 0.1) is 11.1 Å². The van der Waals surface area contributed by atoms with E-state index in [0.29, 0.717) is 30.1 Å². The van der Waals surface area contributed by atoms with Gasteiger partial charge in [-0.25, -0.2) is 9.78 Å². The molecular formula is C26H31N3O3S. The van der Waals surface area contributed by atoms with Crippen molar-refractivity contribution in [3.8, 4) is 0 Å². The average molecular weight is 466 g/mol. The molecule has 1 saturated heterocycles. The summed E-state index contributed by atoms with van der Waals surface area (Å²) < 4.78 is 7.76. The summed E-state index contributed by atoms with van der Waals surface area (Å²) in [7, 11) is 0. The largest absolute Gasteiger partial charge is 0.456 e. The first-order valence-corrected chi connectivity index (χ1v) is 12.4. The van der Waals surface area contributed by atoms with Gasteiger partial charge in [-0.15, -0.1) is 0 Å². The number of aromatic nitrogens is 2. The van der Waals surface area contributed by atoms with Crippen molar-refractivity contribution < 1.29 is 14.3 Å². The number of aryl methyl sites for hydroxylation is 2. The van der Waals surface area contributed by atoms with Gasteiger partial charge in [0.1, 0.15) is 11.4 Å². The molecule has 6 nitrogen and oxygen atoms in total. The lowest BCUT2D eigenvalue weighted by Gasteiger charge is -2.32. The molecule has 0 atom stereocenters. The Morgan fingerprint density at radius 3 is 2.52 bits per heavy atom. The zero-order valence-electron chi connectivity index (χ0n) is 19.5. The van der Waals surface area contributed by atoms with Crippen LogP contribution >= 0.6 is 11.3 Å². The Morgan fingerprint density at radius 1 is 1.12 bits per heavy atom. The van der Waals surface area contributed by atoms with E-state index in [1.165, 1.54) is 5.56 Å². The second-order valence-electron chi connectivity index (χ2n) is 9.47. The normalized spacial score (nSPS) is 14.9. The van der Waals surface area contributed by atoms with Crippen LogP contribution < -0.4 is 0 Å². The first-order valence-electron chi connectivity index (χ1n) is 11.5. The lowest BCUT2D eigenvalue weighted by atomic mass is 9.94. The van der Waals surface area contributed by atoms with Crippen LogP contribution in [0.4, 0.5) is 0 Å². The van der Waals surface area contributed by atoms with Crippen LogP contribution in [0.5, 0.6) is 0 Å². The van der Waals surface area contributed by atoms with E-state index in [0.717, 1.165) is 31.6 Å². The Bertz CT molecular complexity index is 1090. The summed E-state index contributed by atoms with van der Waals surface area (Å²) in [5.74, 6) is 0.851. The number of ether oxygens (including phenoxy) is 1. The first-order chi connectivity index (χ1) is 15.8. The van der Waals surface area contributed by atoms with Gasteiger partial charge in [0.2, 0.25) is 0 Å². The number of nitrogens with zero attached hydrogens (tertiary/aromatic N) is 3. The molecule has 3 heterocycles. The van der Waals surface area contributed by atoms with E-state index < -0.39 is 11.6 Å². The number of likely N-dealkylation sites (tertiary alicyclic amines) is 1. The first kappa shape index (κ1) is 23.2. The molecule has 33 heavy (non-hydrogen) atoms. The van der Waals surface area contributed by atoms with Crippen molar-refractivity contribution >= 4 is 23.2 Å². The quantitative estimate of drug-likeness (QED) is 0.472. The SMILES string of the molecule is CC(C)(C)OC(=O)c1ccccc1C(=O)N1CCC(c2nccn2CCc2ccsc2)CC1. The van der Waals surface area contributed by atoms with Crippen molar-refractivity contribution in [2.24, 2.45) is 0 Å². The highest BCUT2D eigenvalue weighted by molar-refractivity contribution is 7.07. The fourth-order valence-corrected chi connectivity index (χ4v) is 4.95. The predicted octanol–water partition coefficient (Wildman–Crippen LogP) is 5.16. The number of thiophene rings is 1. The molecule has 4 rings (SSSR count). The lowest BCUT2D eigenvalue weighted by Crippen LogP contribution is -2.39. The molecule has 0 aliphatic carbocycles. The number of benzene rings is 1. The molecule has 3 aromatic rings. The van der Waals surface area contributed by atoms with Crippen LogP contribution in [-0.4, -0.2) is 45.0 Å². The molecule has 1 aliphatic rings. The summed E-state index contributed by atoms with van der Waals surface area (Å²) >= 11 is 1.72. The van der Waals surface area contributed by atoms with E-state index in [1.807, 2.05) is 31.9 Å². The molecule has 1 aromatic carbocycles. The van der Waals surface area contributed by atoms with Gasteiger partial charge in [-0.05, 0) is 74.6 Å². The number of esters is 1. The van der Waals surface area contributed by atoms with Crippen LogP contribution in [0.3, 0.4) is 0 Å². The fraction of sp³-hybridized carbons (Fsp3) is 0.423. The molecule has 2 aromatic heterocycles. The summed E-state index contributed by atoms with van der Waals surface area (Å²) in [6.45, 7) is 7.67. The van der Waals surface area contributed by atoms with Crippen LogP contribution in [0.2, 0.25) is 0 Å². The number of imidazole rings is 1. The zero-order valence-corrected chi connectivity index (χ0v) is 20.3. The van der Waals surface area contributed by atoms with E-state index in [2.05, 4.69) is 32.6 Å². The van der Waals surface area contributed by atoms with Gasteiger partial charge in [-0.3, -0.25) is 4.79 Å². The van der Waals surface area contributed by atoms with Crippen LogP contribution in [-0.2, 0) is 17.7 Å². The van der Waals surface area contributed by atoms with Crippen molar-refractivity contribution in [3.05, 3.63) is 76.0 Å². The lowest BCUT2D eigenvalue weighted by molar-refractivity contribution is 0.00664. The van der Waals surface area contributed by atoms with Gasteiger partial charge >= 0.3 is 5.97 Å². The molecule has 0 N–H and O–H groups in total. The van der Waals surface area contributed by atoms with Gasteiger partial charge in [0, 0.05) is 37.9 Å². The third-order valence-electron chi connectivity index (χ3n) is 5.89. The van der Waals surface area contributed by atoms with Crippen molar-refractivity contribution in [3.63, 3.8) is 0 Å². The number of carbonyl (C=O) groups excluding carboxylic acids is 2. The smallest absolute Gasteiger partial charge is 0.339 e. The highest BCUT2D eigenvalue weighted by Gasteiger charge is 2.29. The monoisotopic (exact) mass is 465 g/mol. The maximum absolute atomic E-state index is 13.3. The van der Waals surface area contributed by atoms with E-state index >= 15 is 0 Å². The second kappa shape index (κ2) is 9.91. The van der Waals surface area contributed by atoms with Gasteiger partial charge in [-0.2, -0.15) is 11.3 Å². The number of hydrogen-bond acceptors (Lipinski definition) is 5. The number of piperidine rings is 1. The van der Waals surface area contributed by atoms with E-state index in [4.69, 9.17) is 4.74 Å². The Balaban J connectivity index is 1.40. The second-order valence-corrected chi connectivity index (χ2v) is 10.3. The van der Waals surface area contributed by atoms with Crippen LogP contribution in [0.1, 0.15) is 71.6 Å². The summed E-state index contributed by atoms with van der Waals surface area (Å²) in [6.07, 6.45) is 6.63. The molecule has 1 amide bonds. The zero-order chi connectivity index (χ0) is 23.4. The van der Waals surface area contributed by atoms with E-state index in [-0.39, 0.29) is 5.91 Å². The Kier molecular flexibility index (Phi) is 6.98.